The van der Waals surface area contributed by atoms with Crippen molar-refractivity contribution in [3.8, 4) is 5.82 Å². The minimum atomic E-state index is 0.552. The molecule has 0 aliphatic heterocycles. The van der Waals surface area contributed by atoms with Crippen LogP contribution >= 0.6 is 12.2 Å². The molecule has 0 spiro atoms. The lowest BCUT2D eigenvalue weighted by molar-refractivity contribution is 0.242. The summed E-state index contributed by atoms with van der Waals surface area (Å²) in [5, 5.41) is 9.22. The Morgan fingerprint density at radius 1 is 1.04 bits per heavy atom. The smallest absolute Gasteiger partial charge is 0.173 e. The zero-order valence-corrected chi connectivity index (χ0v) is 17.5. The first-order chi connectivity index (χ1) is 12.8. The lowest BCUT2D eigenvalue weighted by Crippen LogP contribution is -2.24. The van der Waals surface area contributed by atoms with E-state index in [2.05, 4.69) is 55.2 Å². The van der Waals surface area contributed by atoms with Gasteiger partial charge in [-0.25, -0.2) is 9.36 Å². The summed E-state index contributed by atoms with van der Waals surface area (Å²) in [6.45, 7) is 9.90. The van der Waals surface area contributed by atoms with Crippen LogP contribution in [0.25, 0.3) is 5.82 Å². The Morgan fingerprint density at radius 2 is 1.74 bits per heavy atom. The Balaban J connectivity index is 1.75. The first kappa shape index (κ1) is 19.5. The van der Waals surface area contributed by atoms with Crippen LogP contribution in [0.1, 0.15) is 42.3 Å². The minimum Gasteiger partial charge on any atom is -0.283 e. The molecule has 2 heterocycles. The maximum absolute atomic E-state index is 5.47. The van der Waals surface area contributed by atoms with Gasteiger partial charge in [0.15, 0.2) is 5.82 Å². The molecule has 1 aromatic carbocycles. The predicted molar refractivity (Wildman–Crippen MR) is 112 cm³/mol. The quantitative estimate of drug-likeness (QED) is 0.584. The second-order valence-corrected chi connectivity index (χ2v) is 7.84. The van der Waals surface area contributed by atoms with Crippen molar-refractivity contribution >= 4 is 12.2 Å². The van der Waals surface area contributed by atoms with Crippen LogP contribution in [0.4, 0.5) is 0 Å². The van der Waals surface area contributed by atoms with E-state index in [1.165, 1.54) is 11.1 Å². The van der Waals surface area contributed by atoms with E-state index in [1.807, 2.05) is 41.4 Å². The average molecular weight is 382 g/mol. The number of rotatable bonds is 6. The largest absolute Gasteiger partial charge is 0.283 e. The molecule has 0 radical (unpaired) electrons. The molecular weight excluding hydrogens is 354 g/mol. The Kier molecular flexibility index (Phi) is 5.87. The number of nitrogens with zero attached hydrogens (tertiary/aromatic N) is 5. The lowest BCUT2D eigenvalue weighted by atomic mass is 10.0. The molecule has 0 aliphatic carbocycles. The van der Waals surface area contributed by atoms with Gasteiger partial charge in [0.1, 0.15) is 4.64 Å². The van der Waals surface area contributed by atoms with Crippen LogP contribution in [-0.4, -0.2) is 31.5 Å². The second kappa shape index (κ2) is 8.15. The molecule has 0 atom stereocenters. The molecule has 0 fully saturated rings. The molecule has 0 bridgehead atoms. The maximum Gasteiger partial charge on any atom is 0.173 e. The molecule has 0 saturated heterocycles. The standard InChI is InChI=1S/C21H27N5S/c1-15(2)19-8-6-18(7-9-19)13-24(5)14-25-21(27)11-10-20(23-25)26-17(4)12-16(3)22-26/h6-12,15H,13-14H2,1-5H3. The molecular formula is C21H27N5S. The van der Waals surface area contributed by atoms with Crippen molar-refractivity contribution in [2.24, 2.45) is 0 Å². The van der Waals surface area contributed by atoms with Gasteiger partial charge < -0.3 is 0 Å². The highest BCUT2D eigenvalue weighted by Gasteiger charge is 2.08. The van der Waals surface area contributed by atoms with Crippen molar-refractivity contribution in [2.75, 3.05) is 7.05 Å². The first-order valence-corrected chi connectivity index (χ1v) is 9.63. The fourth-order valence-corrected chi connectivity index (χ4v) is 3.28. The first-order valence-electron chi connectivity index (χ1n) is 9.22. The fourth-order valence-electron chi connectivity index (χ4n) is 3.11. The van der Waals surface area contributed by atoms with Crippen LogP contribution in [0, 0.1) is 18.5 Å². The summed E-state index contributed by atoms with van der Waals surface area (Å²) < 4.78 is 4.41. The number of aromatic nitrogens is 4. The molecule has 3 aromatic rings. The van der Waals surface area contributed by atoms with Gasteiger partial charge in [-0.05, 0) is 56.1 Å². The molecule has 0 saturated carbocycles. The molecule has 0 aliphatic rings. The van der Waals surface area contributed by atoms with E-state index >= 15 is 0 Å². The third-order valence-corrected chi connectivity index (χ3v) is 4.90. The monoisotopic (exact) mass is 381 g/mol. The molecule has 0 amide bonds. The molecule has 5 nitrogen and oxygen atoms in total. The van der Waals surface area contributed by atoms with Crippen LogP contribution in [0.15, 0.2) is 42.5 Å². The summed E-state index contributed by atoms with van der Waals surface area (Å²) in [6.07, 6.45) is 0. The van der Waals surface area contributed by atoms with E-state index in [4.69, 9.17) is 17.3 Å². The summed E-state index contributed by atoms with van der Waals surface area (Å²) in [4.78, 5) is 2.21. The van der Waals surface area contributed by atoms with Crippen molar-refractivity contribution in [3.05, 3.63) is 69.6 Å². The highest BCUT2D eigenvalue weighted by atomic mass is 32.1. The minimum absolute atomic E-state index is 0.552. The summed E-state index contributed by atoms with van der Waals surface area (Å²) in [5.74, 6) is 1.33. The number of hydrogen-bond donors (Lipinski definition) is 0. The maximum atomic E-state index is 5.47. The SMILES string of the molecule is Cc1cc(C)n(-c2ccc(=S)n(CN(C)Cc3ccc(C(C)C)cc3)n2)n1. The topological polar surface area (TPSA) is 38.9 Å². The Hall–Kier alpha value is -2.31. The molecule has 0 unspecified atom stereocenters. The highest BCUT2D eigenvalue weighted by Crippen LogP contribution is 2.16. The van der Waals surface area contributed by atoms with Crippen LogP contribution in [-0.2, 0) is 13.2 Å². The third kappa shape index (κ3) is 4.70. The van der Waals surface area contributed by atoms with Crippen molar-refractivity contribution in [1.29, 1.82) is 0 Å². The van der Waals surface area contributed by atoms with Crippen molar-refractivity contribution in [2.45, 2.75) is 46.8 Å². The third-order valence-electron chi connectivity index (χ3n) is 4.55. The number of hydrogen-bond acceptors (Lipinski definition) is 4. The van der Waals surface area contributed by atoms with Gasteiger partial charge in [-0.2, -0.15) is 10.2 Å². The van der Waals surface area contributed by atoms with E-state index in [0.29, 0.717) is 17.2 Å². The van der Waals surface area contributed by atoms with Crippen molar-refractivity contribution in [3.63, 3.8) is 0 Å². The molecule has 6 heteroatoms. The number of aryl methyl sites for hydroxylation is 2. The van der Waals surface area contributed by atoms with Crippen LogP contribution in [0.5, 0.6) is 0 Å². The molecule has 3 rings (SSSR count). The summed E-state index contributed by atoms with van der Waals surface area (Å²) >= 11 is 5.47. The van der Waals surface area contributed by atoms with E-state index in [9.17, 15) is 0 Å². The second-order valence-electron chi connectivity index (χ2n) is 7.42. The molecule has 142 valence electrons. The molecule has 27 heavy (non-hydrogen) atoms. The van der Waals surface area contributed by atoms with Gasteiger partial charge in [0.2, 0.25) is 0 Å². The van der Waals surface area contributed by atoms with E-state index < -0.39 is 0 Å². The summed E-state index contributed by atoms with van der Waals surface area (Å²) in [7, 11) is 2.08. The Morgan fingerprint density at radius 3 is 2.33 bits per heavy atom. The van der Waals surface area contributed by atoms with Gasteiger partial charge in [-0.15, -0.1) is 0 Å². The van der Waals surface area contributed by atoms with Crippen LogP contribution in [0.3, 0.4) is 0 Å². The van der Waals surface area contributed by atoms with Gasteiger partial charge in [0.05, 0.1) is 12.4 Å². The Labute approximate surface area is 166 Å². The van der Waals surface area contributed by atoms with E-state index in [-0.39, 0.29) is 0 Å². The fraction of sp³-hybridized carbons (Fsp3) is 0.381. The highest BCUT2D eigenvalue weighted by molar-refractivity contribution is 7.71. The number of benzene rings is 1. The van der Waals surface area contributed by atoms with Gasteiger partial charge in [-0.1, -0.05) is 50.3 Å². The lowest BCUT2D eigenvalue weighted by Gasteiger charge is -2.19. The van der Waals surface area contributed by atoms with Crippen LogP contribution < -0.4 is 0 Å². The Bertz CT molecular complexity index is 969. The van der Waals surface area contributed by atoms with E-state index in [0.717, 1.165) is 23.8 Å². The van der Waals surface area contributed by atoms with Gasteiger partial charge in [0, 0.05) is 12.2 Å². The van der Waals surface area contributed by atoms with E-state index in [1.54, 1.807) is 0 Å². The average Bonchev–Trinajstić information content (AvgIpc) is 2.95. The van der Waals surface area contributed by atoms with Gasteiger partial charge in [0.25, 0.3) is 0 Å². The summed E-state index contributed by atoms with van der Waals surface area (Å²) in [5.41, 5.74) is 4.68. The van der Waals surface area contributed by atoms with Crippen molar-refractivity contribution in [1.82, 2.24) is 24.5 Å². The van der Waals surface area contributed by atoms with Crippen LogP contribution in [0.2, 0.25) is 0 Å². The zero-order valence-electron chi connectivity index (χ0n) is 16.7. The van der Waals surface area contributed by atoms with Gasteiger partial charge in [-0.3, -0.25) is 4.90 Å². The predicted octanol–water partition coefficient (Wildman–Crippen LogP) is 4.63. The molecule has 2 aromatic heterocycles. The normalized spacial score (nSPS) is 11.5. The van der Waals surface area contributed by atoms with Crippen molar-refractivity contribution < 1.29 is 0 Å². The molecule has 0 N–H and O–H groups in total. The van der Waals surface area contributed by atoms with Gasteiger partial charge >= 0.3 is 0 Å². The summed E-state index contributed by atoms with van der Waals surface area (Å²) in [6, 6.07) is 14.7. The zero-order chi connectivity index (χ0) is 19.6.